The normalized spacial score (nSPS) is 22.2. The second-order valence-corrected chi connectivity index (χ2v) is 5.89. The molecule has 1 aromatic rings. The number of rotatable bonds is 3. The minimum Gasteiger partial charge on any atom is -0.378 e. The Bertz CT molecular complexity index is 488. The van der Waals surface area contributed by atoms with Gasteiger partial charge in [-0.05, 0) is 24.1 Å². The van der Waals surface area contributed by atoms with E-state index in [1.54, 1.807) is 6.08 Å². The van der Waals surface area contributed by atoms with Crippen LogP contribution in [0.15, 0.2) is 35.7 Å². The van der Waals surface area contributed by atoms with Crippen LogP contribution in [-0.4, -0.2) is 20.2 Å². The first-order valence-electron chi connectivity index (χ1n) is 5.35. The van der Waals surface area contributed by atoms with Crippen LogP contribution in [0.5, 0.6) is 0 Å². The van der Waals surface area contributed by atoms with Crippen LogP contribution in [0.2, 0.25) is 0 Å². The molecule has 4 heteroatoms. The average molecular weight is 237 g/mol. The highest BCUT2D eigenvalue weighted by Gasteiger charge is 2.21. The summed E-state index contributed by atoms with van der Waals surface area (Å²) >= 11 is 0. The van der Waals surface area contributed by atoms with Crippen LogP contribution in [0.3, 0.4) is 0 Å². The van der Waals surface area contributed by atoms with Gasteiger partial charge >= 0.3 is 0 Å². The summed E-state index contributed by atoms with van der Waals surface area (Å²) in [6.07, 6.45) is 2.71. The van der Waals surface area contributed by atoms with Crippen molar-refractivity contribution in [3.8, 4) is 0 Å². The van der Waals surface area contributed by atoms with Gasteiger partial charge in [-0.15, -0.1) is 0 Å². The van der Waals surface area contributed by atoms with Crippen LogP contribution in [0.1, 0.15) is 12.5 Å². The molecule has 16 heavy (non-hydrogen) atoms. The largest absolute Gasteiger partial charge is 0.378 e. The Morgan fingerprint density at radius 3 is 2.50 bits per heavy atom. The first-order valence-corrected chi connectivity index (χ1v) is 7.07. The minimum atomic E-state index is -2.97. The Morgan fingerprint density at radius 2 is 2.00 bits per heavy atom. The van der Waals surface area contributed by atoms with Gasteiger partial charge < -0.3 is 5.32 Å². The lowest BCUT2D eigenvalue weighted by Crippen LogP contribution is -2.20. The first-order chi connectivity index (χ1) is 7.59. The predicted octanol–water partition coefficient (Wildman–Crippen LogP) is 1.97. The van der Waals surface area contributed by atoms with E-state index in [0.29, 0.717) is 0 Å². The summed E-state index contributed by atoms with van der Waals surface area (Å²) in [7, 11) is -2.97. The second-order valence-electron chi connectivity index (χ2n) is 3.96. The molecule has 0 aromatic heterocycles. The molecule has 0 fully saturated rings. The van der Waals surface area contributed by atoms with Crippen molar-refractivity contribution in [1.29, 1.82) is 0 Å². The summed E-state index contributed by atoms with van der Waals surface area (Å²) in [5.74, 6) is 0.155. The maximum absolute atomic E-state index is 11.2. The molecular formula is C12H15NO2S. The predicted molar refractivity (Wildman–Crippen MR) is 66.2 cm³/mol. The number of nitrogens with one attached hydrogen (secondary N) is 1. The van der Waals surface area contributed by atoms with Crippen LogP contribution in [0, 0.1) is 0 Å². The highest BCUT2D eigenvalue weighted by molar-refractivity contribution is 7.94. The maximum atomic E-state index is 11.2. The Labute approximate surface area is 96.1 Å². The van der Waals surface area contributed by atoms with E-state index in [1.807, 2.05) is 12.1 Å². The van der Waals surface area contributed by atoms with Gasteiger partial charge in [0.15, 0.2) is 9.84 Å². The van der Waals surface area contributed by atoms with Crippen LogP contribution in [0.25, 0.3) is 0 Å². The standard InChI is InChI=1S/C12H15NO2S/c1-2-10-3-5-11(6-4-10)13-12-7-8-16(14,15)9-12/h3-8,12-13H,2,9H2,1H3/t12-/m0/s1. The van der Waals surface area contributed by atoms with Gasteiger partial charge in [0.2, 0.25) is 0 Å². The Kier molecular flexibility index (Phi) is 3.01. The van der Waals surface area contributed by atoms with Crippen LogP contribution >= 0.6 is 0 Å². The number of anilines is 1. The van der Waals surface area contributed by atoms with Crippen molar-refractivity contribution in [2.75, 3.05) is 11.1 Å². The zero-order valence-electron chi connectivity index (χ0n) is 9.18. The van der Waals surface area contributed by atoms with Crippen LogP contribution in [-0.2, 0) is 16.3 Å². The fourth-order valence-corrected chi connectivity index (χ4v) is 2.95. The number of hydrogen-bond donors (Lipinski definition) is 1. The number of hydrogen-bond acceptors (Lipinski definition) is 3. The summed E-state index contributed by atoms with van der Waals surface area (Å²) < 4.78 is 22.4. The van der Waals surface area contributed by atoms with E-state index < -0.39 is 9.84 Å². The van der Waals surface area contributed by atoms with E-state index in [4.69, 9.17) is 0 Å². The van der Waals surface area contributed by atoms with Crippen molar-refractivity contribution in [3.63, 3.8) is 0 Å². The van der Waals surface area contributed by atoms with E-state index in [1.165, 1.54) is 11.0 Å². The van der Waals surface area contributed by atoms with Crippen LogP contribution in [0.4, 0.5) is 5.69 Å². The molecule has 1 atom stereocenters. The zero-order valence-corrected chi connectivity index (χ0v) is 10.00. The summed E-state index contributed by atoms with van der Waals surface area (Å²) in [6.45, 7) is 2.11. The van der Waals surface area contributed by atoms with E-state index in [2.05, 4.69) is 24.4 Å². The van der Waals surface area contributed by atoms with Gasteiger partial charge in [-0.2, -0.15) is 0 Å². The maximum Gasteiger partial charge on any atom is 0.173 e. The van der Waals surface area contributed by atoms with Gasteiger partial charge in [0, 0.05) is 11.1 Å². The molecule has 1 aromatic carbocycles. The fraction of sp³-hybridized carbons (Fsp3) is 0.333. The third kappa shape index (κ3) is 2.64. The SMILES string of the molecule is CCc1ccc(N[C@H]2C=CS(=O)(=O)C2)cc1. The lowest BCUT2D eigenvalue weighted by atomic mass is 10.1. The monoisotopic (exact) mass is 237 g/mol. The lowest BCUT2D eigenvalue weighted by Gasteiger charge is -2.11. The average Bonchev–Trinajstić information content (AvgIpc) is 2.59. The van der Waals surface area contributed by atoms with Crippen LogP contribution < -0.4 is 5.32 Å². The molecule has 1 aliphatic heterocycles. The molecule has 0 unspecified atom stereocenters. The first kappa shape index (κ1) is 11.2. The molecule has 1 N–H and O–H groups in total. The third-order valence-electron chi connectivity index (χ3n) is 2.64. The topological polar surface area (TPSA) is 46.2 Å². The molecule has 86 valence electrons. The van der Waals surface area contributed by atoms with Gasteiger partial charge in [-0.1, -0.05) is 25.1 Å². The number of benzene rings is 1. The van der Waals surface area contributed by atoms with E-state index in [9.17, 15) is 8.42 Å². The highest BCUT2D eigenvalue weighted by atomic mass is 32.2. The van der Waals surface area contributed by atoms with E-state index >= 15 is 0 Å². The highest BCUT2D eigenvalue weighted by Crippen LogP contribution is 2.16. The summed E-state index contributed by atoms with van der Waals surface area (Å²) in [5.41, 5.74) is 2.24. The summed E-state index contributed by atoms with van der Waals surface area (Å²) in [4.78, 5) is 0. The Balaban J connectivity index is 2.03. The minimum absolute atomic E-state index is 0.0996. The second kappa shape index (κ2) is 4.29. The third-order valence-corrected chi connectivity index (χ3v) is 4.04. The van der Waals surface area contributed by atoms with Gasteiger partial charge in [-0.3, -0.25) is 0 Å². The quantitative estimate of drug-likeness (QED) is 0.874. The smallest absolute Gasteiger partial charge is 0.173 e. The molecule has 0 saturated heterocycles. The van der Waals surface area contributed by atoms with Gasteiger partial charge in [0.05, 0.1) is 11.8 Å². The van der Waals surface area contributed by atoms with Gasteiger partial charge in [0.1, 0.15) is 0 Å². The molecule has 1 heterocycles. The molecule has 0 bridgehead atoms. The molecular weight excluding hydrogens is 222 g/mol. The number of sulfone groups is 1. The van der Waals surface area contributed by atoms with E-state index in [-0.39, 0.29) is 11.8 Å². The molecule has 0 amide bonds. The van der Waals surface area contributed by atoms with Crippen molar-refractivity contribution in [3.05, 3.63) is 41.3 Å². The molecule has 0 saturated carbocycles. The van der Waals surface area contributed by atoms with E-state index in [0.717, 1.165) is 12.1 Å². The van der Waals surface area contributed by atoms with Crippen molar-refractivity contribution < 1.29 is 8.42 Å². The Hall–Kier alpha value is -1.29. The lowest BCUT2D eigenvalue weighted by molar-refractivity contribution is 0.605. The van der Waals surface area contributed by atoms with Crippen molar-refractivity contribution >= 4 is 15.5 Å². The molecule has 0 radical (unpaired) electrons. The van der Waals surface area contributed by atoms with Crippen molar-refractivity contribution in [2.45, 2.75) is 19.4 Å². The summed E-state index contributed by atoms with van der Waals surface area (Å²) in [5, 5.41) is 4.46. The molecule has 0 spiro atoms. The number of aryl methyl sites for hydroxylation is 1. The summed E-state index contributed by atoms with van der Waals surface area (Å²) in [6, 6.07) is 7.97. The zero-order chi connectivity index (χ0) is 11.6. The van der Waals surface area contributed by atoms with Gasteiger partial charge in [-0.25, -0.2) is 8.42 Å². The Morgan fingerprint density at radius 1 is 1.31 bits per heavy atom. The van der Waals surface area contributed by atoms with Crippen molar-refractivity contribution in [1.82, 2.24) is 0 Å². The van der Waals surface area contributed by atoms with Crippen molar-refractivity contribution in [2.24, 2.45) is 0 Å². The molecule has 2 rings (SSSR count). The van der Waals surface area contributed by atoms with Gasteiger partial charge in [0.25, 0.3) is 0 Å². The molecule has 3 nitrogen and oxygen atoms in total. The fourth-order valence-electron chi connectivity index (χ4n) is 1.72. The molecule has 1 aliphatic rings. The molecule has 0 aliphatic carbocycles.